The summed E-state index contributed by atoms with van der Waals surface area (Å²) in [5, 5.41) is 4.04. The molecule has 0 saturated heterocycles. The highest BCUT2D eigenvalue weighted by molar-refractivity contribution is 6.03. The van der Waals surface area contributed by atoms with Crippen LogP contribution in [0.2, 0.25) is 0 Å². The molecule has 41 heavy (non-hydrogen) atoms. The Labute approximate surface area is 248 Å². The topological polar surface area (TPSA) is 85.7 Å². The van der Waals surface area contributed by atoms with Crippen molar-refractivity contribution in [2.45, 2.75) is 81.1 Å². The number of benzene rings is 1. The largest absolute Gasteiger partial charge is 0.495 e. The lowest BCUT2D eigenvalue weighted by molar-refractivity contribution is 0.100. The summed E-state index contributed by atoms with van der Waals surface area (Å²) in [6, 6.07) is 7.08. The minimum atomic E-state index is -0.436. The van der Waals surface area contributed by atoms with Crippen molar-refractivity contribution in [2.24, 2.45) is 10.7 Å². The normalized spacial score (nSPS) is 11.8. The number of methoxy groups -OCH3 is 1. The Hall–Kier alpha value is -3.87. The third-order valence-electron chi connectivity index (χ3n) is 6.22. The van der Waals surface area contributed by atoms with Crippen molar-refractivity contribution in [3.05, 3.63) is 88.8 Å². The first-order valence-corrected chi connectivity index (χ1v) is 14.5. The molecule has 0 aliphatic rings. The van der Waals surface area contributed by atoms with Crippen molar-refractivity contribution < 1.29 is 9.53 Å². The summed E-state index contributed by atoms with van der Waals surface area (Å²) in [6.07, 6.45) is 16.3. The third kappa shape index (κ3) is 13.4. The second-order valence-electron chi connectivity index (χ2n) is 10.3. The number of amides is 1. The van der Waals surface area contributed by atoms with E-state index in [0.29, 0.717) is 24.4 Å². The van der Waals surface area contributed by atoms with Gasteiger partial charge in [0.05, 0.1) is 12.8 Å². The summed E-state index contributed by atoms with van der Waals surface area (Å²) in [5.74, 6) is 0.277. The molecule has 2 N–H and O–H groups in total. The van der Waals surface area contributed by atoms with E-state index in [1.165, 1.54) is 27.0 Å². The van der Waals surface area contributed by atoms with Crippen molar-refractivity contribution >= 4 is 17.6 Å². The van der Waals surface area contributed by atoms with Crippen LogP contribution in [0.5, 0.6) is 5.75 Å². The van der Waals surface area contributed by atoms with Crippen molar-refractivity contribution in [1.82, 2.24) is 9.78 Å². The molecular formula is C34H51N5O2. The van der Waals surface area contributed by atoms with Gasteiger partial charge in [0.1, 0.15) is 5.75 Å². The van der Waals surface area contributed by atoms with E-state index in [4.69, 9.17) is 10.5 Å². The molecule has 1 aromatic carbocycles. The maximum atomic E-state index is 13.0. The molecule has 224 valence electrons. The van der Waals surface area contributed by atoms with Gasteiger partial charge < -0.3 is 15.4 Å². The van der Waals surface area contributed by atoms with Crippen LogP contribution in [0, 0.1) is 0 Å². The van der Waals surface area contributed by atoms with Crippen LogP contribution in [0.4, 0.5) is 5.69 Å². The molecule has 1 aromatic heterocycles. The van der Waals surface area contributed by atoms with Crippen LogP contribution < -0.4 is 15.4 Å². The summed E-state index contributed by atoms with van der Waals surface area (Å²) >= 11 is 0. The Kier molecular flexibility index (Phi) is 16.5. The van der Waals surface area contributed by atoms with Crippen LogP contribution in [0.1, 0.15) is 91.4 Å². The molecule has 0 unspecified atom stereocenters. The van der Waals surface area contributed by atoms with Crippen LogP contribution in [-0.4, -0.2) is 41.8 Å². The molecule has 0 atom stereocenters. The van der Waals surface area contributed by atoms with Crippen molar-refractivity contribution in [3.8, 4) is 5.75 Å². The summed E-state index contributed by atoms with van der Waals surface area (Å²) in [5.41, 5.74) is 12.6. The summed E-state index contributed by atoms with van der Waals surface area (Å²) in [6.45, 7) is 18.2. The number of hydrogen-bond acceptors (Lipinski definition) is 4. The molecule has 7 heteroatoms. The van der Waals surface area contributed by atoms with Gasteiger partial charge in [-0.15, -0.1) is 0 Å². The SMILES string of the molecule is CC.COc1ccc(C(=O)N=C(N)n2cccn2)cc1N(C/C=C(\C)CCC=C(C)C)C/C=C(\C)CCC=C(C)C. The number of ether oxygens (including phenoxy) is 1. The van der Waals surface area contributed by atoms with Crippen LogP contribution in [-0.2, 0) is 0 Å². The number of carbonyl (C=O) groups is 1. The number of carbonyl (C=O) groups excluding carboxylic acids is 1. The Balaban J connectivity index is 0.00000411. The molecule has 0 aliphatic carbocycles. The number of aromatic nitrogens is 2. The molecule has 0 saturated carbocycles. The first kappa shape index (κ1) is 35.2. The standard InChI is InChI=1S/C32H45N5O2.C2H6/c1-24(2)11-8-13-26(5)17-21-36(22-18-27(6)14-9-12-25(3)4)29-23-28(15-16-30(29)39-7)31(38)35-32(33)37-20-10-19-34-37;1-2/h10-12,15-20,23H,8-9,13-14,21-22H2,1-7H3,(H2,33,35,38);1-2H3/b26-17+,27-18+;. The van der Waals surface area contributed by atoms with Crippen LogP contribution in [0.25, 0.3) is 0 Å². The minimum Gasteiger partial charge on any atom is -0.495 e. The first-order valence-electron chi connectivity index (χ1n) is 14.5. The van der Waals surface area contributed by atoms with Gasteiger partial charge in [-0.2, -0.15) is 10.1 Å². The fourth-order valence-corrected chi connectivity index (χ4v) is 3.88. The fourth-order valence-electron chi connectivity index (χ4n) is 3.88. The molecule has 0 bridgehead atoms. The highest BCUT2D eigenvalue weighted by Gasteiger charge is 2.15. The molecule has 0 radical (unpaired) electrons. The maximum Gasteiger partial charge on any atom is 0.280 e. The lowest BCUT2D eigenvalue weighted by Crippen LogP contribution is -2.25. The quantitative estimate of drug-likeness (QED) is 0.152. The van der Waals surface area contributed by atoms with Gasteiger partial charge in [0.15, 0.2) is 0 Å². The number of nitrogens with zero attached hydrogens (tertiary/aromatic N) is 4. The van der Waals surface area contributed by atoms with E-state index >= 15 is 0 Å². The third-order valence-corrected chi connectivity index (χ3v) is 6.22. The minimum absolute atomic E-state index is 0.0177. The van der Waals surface area contributed by atoms with Crippen LogP contribution >= 0.6 is 0 Å². The smallest absolute Gasteiger partial charge is 0.280 e. The van der Waals surface area contributed by atoms with Gasteiger partial charge in [-0.05, 0) is 91.5 Å². The molecule has 0 fully saturated rings. The van der Waals surface area contributed by atoms with E-state index in [-0.39, 0.29) is 5.96 Å². The predicted molar refractivity (Wildman–Crippen MR) is 175 cm³/mol. The zero-order valence-corrected chi connectivity index (χ0v) is 26.7. The van der Waals surface area contributed by atoms with Gasteiger partial charge in [-0.25, -0.2) is 4.68 Å². The molecule has 0 aliphatic heterocycles. The van der Waals surface area contributed by atoms with Gasteiger partial charge in [0.2, 0.25) is 5.96 Å². The average Bonchev–Trinajstić information content (AvgIpc) is 3.49. The number of allylic oxidation sites excluding steroid dienone is 6. The second-order valence-corrected chi connectivity index (χ2v) is 10.3. The van der Waals surface area contributed by atoms with Crippen LogP contribution in [0.15, 0.2) is 88.2 Å². The zero-order chi connectivity index (χ0) is 30.8. The number of anilines is 1. The Morgan fingerprint density at radius 1 is 0.951 bits per heavy atom. The highest BCUT2D eigenvalue weighted by atomic mass is 16.5. The number of aliphatic imine (C=N–C) groups is 1. The van der Waals surface area contributed by atoms with Crippen molar-refractivity contribution in [2.75, 3.05) is 25.1 Å². The summed E-state index contributed by atoms with van der Waals surface area (Å²) in [7, 11) is 1.65. The molecule has 7 nitrogen and oxygen atoms in total. The van der Waals surface area contributed by atoms with E-state index < -0.39 is 5.91 Å². The van der Waals surface area contributed by atoms with Gasteiger partial charge >= 0.3 is 0 Å². The summed E-state index contributed by atoms with van der Waals surface area (Å²) < 4.78 is 7.07. The lowest BCUT2D eigenvalue weighted by Gasteiger charge is -2.25. The van der Waals surface area contributed by atoms with E-state index in [2.05, 4.69) is 80.8 Å². The number of rotatable bonds is 13. The second kappa shape index (κ2) is 19.2. The first-order chi connectivity index (χ1) is 19.6. The zero-order valence-electron chi connectivity index (χ0n) is 26.7. The number of nitrogens with two attached hydrogens (primary N) is 1. The van der Waals surface area contributed by atoms with Crippen LogP contribution in [0.3, 0.4) is 0 Å². The molecule has 2 rings (SSSR count). The maximum absolute atomic E-state index is 13.0. The lowest BCUT2D eigenvalue weighted by atomic mass is 10.1. The van der Waals surface area contributed by atoms with Crippen molar-refractivity contribution in [1.29, 1.82) is 0 Å². The fraction of sp³-hybridized carbons (Fsp3) is 0.441. The van der Waals surface area contributed by atoms with E-state index in [1.54, 1.807) is 31.6 Å². The van der Waals surface area contributed by atoms with Gasteiger partial charge in [-0.3, -0.25) is 4.79 Å². The van der Waals surface area contributed by atoms with Gasteiger partial charge in [0.25, 0.3) is 5.91 Å². The van der Waals surface area contributed by atoms with Gasteiger partial charge in [-0.1, -0.05) is 60.4 Å². The molecular weight excluding hydrogens is 510 g/mol. The Morgan fingerprint density at radius 3 is 1.98 bits per heavy atom. The Bertz CT molecular complexity index is 1190. The van der Waals surface area contributed by atoms with Crippen molar-refractivity contribution in [3.63, 3.8) is 0 Å². The monoisotopic (exact) mass is 561 g/mol. The summed E-state index contributed by atoms with van der Waals surface area (Å²) in [4.78, 5) is 19.3. The molecule has 1 heterocycles. The van der Waals surface area contributed by atoms with E-state index in [1.807, 2.05) is 26.0 Å². The molecule has 1 amide bonds. The van der Waals surface area contributed by atoms with E-state index in [0.717, 1.165) is 31.4 Å². The highest BCUT2D eigenvalue weighted by Crippen LogP contribution is 2.30. The van der Waals surface area contributed by atoms with E-state index in [9.17, 15) is 4.79 Å². The average molecular weight is 562 g/mol. The molecule has 2 aromatic rings. The number of hydrogen-bond donors (Lipinski definition) is 1. The predicted octanol–water partition coefficient (Wildman–Crippen LogP) is 8.11. The Morgan fingerprint density at radius 2 is 1.51 bits per heavy atom. The van der Waals surface area contributed by atoms with Gasteiger partial charge in [0, 0.05) is 31.0 Å². The molecule has 0 spiro atoms.